The Balaban J connectivity index is 1.87. The summed E-state index contributed by atoms with van der Waals surface area (Å²) in [4.78, 5) is 10.5. The molecular formula is C22H16O3. The van der Waals surface area contributed by atoms with Crippen molar-refractivity contribution in [2.75, 3.05) is 0 Å². The Labute approximate surface area is 146 Å². The largest absolute Gasteiger partial charge is 0.508 e. The first kappa shape index (κ1) is 16.4. The zero-order valence-corrected chi connectivity index (χ0v) is 13.4. The molecule has 0 spiro atoms. The van der Waals surface area contributed by atoms with Crippen LogP contribution in [-0.4, -0.2) is 16.2 Å². The summed E-state index contributed by atoms with van der Waals surface area (Å²) < 4.78 is 0. The number of aliphatic carboxylic acids is 1. The summed E-state index contributed by atoms with van der Waals surface area (Å²) >= 11 is 0. The lowest BCUT2D eigenvalue weighted by molar-refractivity contribution is -0.130. The fourth-order valence-corrected chi connectivity index (χ4v) is 2.59. The van der Waals surface area contributed by atoms with Crippen LogP contribution in [0.2, 0.25) is 0 Å². The Morgan fingerprint density at radius 3 is 2.24 bits per heavy atom. The second-order valence-electron chi connectivity index (χ2n) is 5.64. The molecule has 0 aliphatic heterocycles. The van der Waals surface area contributed by atoms with Crippen molar-refractivity contribution in [3.63, 3.8) is 0 Å². The minimum Gasteiger partial charge on any atom is -0.508 e. The summed E-state index contributed by atoms with van der Waals surface area (Å²) in [7, 11) is 0. The number of hydrogen-bond acceptors (Lipinski definition) is 2. The van der Waals surface area contributed by atoms with Gasteiger partial charge in [0.15, 0.2) is 0 Å². The van der Waals surface area contributed by atoms with Crippen LogP contribution < -0.4 is 0 Å². The van der Waals surface area contributed by atoms with Crippen LogP contribution in [0.15, 0.2) is 72.8 Å². The highest BCUT2D eigenvalue weighted by molar-refractivity contribution is 5.87. The van der Waals surface area contributed by atoms with Crippen LogP contribution in [0.4, 0.5) is 0 Å². The van der Waals surface area contributed by atoms with Crippen LogP contribution in [0.3, 0.4) is 0 Å². The molecule has 0 bridgehead atoms. The van der Waals surface area contributed by atoms with Gasteiger partial charge in [0.1, 0.15) is 5.75 Å². The molecule has 2 N–H and O–H groups in total. The second-order valence-corrected chi connectivity index (χ2v) is 5.64. The Morgan fingerprint density at radius 2 is 1.56 bits per heavy atom. The van der Waals surface area contributed by atoms with Crippen molar-refractivity contribution in [2.24, 2.45) is 0 Å². The van der Waals surface area contributed by atoms with Gasteiger partial charge in [-0.05, 0) is 46.5 Å². The lowest BCUT2D eigenvalue weighted by atomic mass is 9.98. The maximum atomic E-state index is 10.5. The van der Waals surface area contributed by atoms with E-state index in [9.17, 15) is 9.90 Å². The van der Waals surface area contributed by atoms with Gasteiger partial charge < -0.3 is 10.2 Å². The van der Waals surface area contributed by atoms with Gasteiger partial charge >= 0.3 is 5.97 Å². The average molecular weight is 328 g/mol. The number of benzene rings is 3. The predicted octanol–water partition coefficient (Wildman–Crippen LogP) is 4.09. The second kappa shape index (κ2) is 7.37. The average Bonchev–Trinajstić information content (AvgIpc) is 2.63. The summed E-state index contributed by atoms with van der Waals surface area (Å²) in [5, 5.41) is 18.7. The number of rotatable bonds is 3. The SMILES string of the molecule is O=C(O)C#Cc1ccc(-c2ccc(O)c(Cc3ccccc3)c2)cc1. The van der Waals surface area contributed by atoms with Gasteiger partial charge in [-0.15, -0.1) is 0 Å². The van der Waals surface area contributed by atoms with E-state index in [1.54, 1.807) is 18.2 Å². The monoisotopic (exact) mass is 328 g/mol. The van der Waals surface area contributed by atoms with E-state index in [1.165, 1.54) is 0 Å². The quantitative estimate of drug-likeness (QED) is 0.712. The van der Waals surface area contributed by atoms with Crippen LogP contribution >= 0.6 is 0 Å². The smallest absolute Gasteiger partial charge is 0.382 e. The fraction of sp³-hybridized carbons (Fsp3) is 0.0455. The molecule has 3 nitrogen and oxygen atoms in total. The van der Waals surface area contributed by atoms with Crippen molar-refractivity contribution in [2.45, 2.75) is 6.42 Å². The molecule has 25 heavy (non-hydrogen) atoms. The highest BCUT2D eigenvalue weighted by Gasteiger charge is 2.06. The number of phenols is 1. The zero-order chi connectivity index (χ0) is 17.6. The Morgan fingerprint density at radius 1 is 0.880 bits per heavy atom. The standard InChI is InChI=1S/C22H16O3/c23-21-12-11-19(15-20(21)14-17-4-2-1-3-5-17)18-9-6-16(7-10-18)8-13-22(24)25/h1-7,9-12,15,23H,14H2,(H,24,25). The summed E-state index contributed by atoms with van der Waals surface area (Å²) in [5.74, 6) is 3.81. The first-order chi connectivity index (χ1) is 12.1. The third-order valence-electron chi connectivity index (χ3n) is 3.85. The van der Waals surface area contributed by atoms with Crippen LogP contribution in [0.1, 0.15) is 16.7 Å². The van der Waals surface area contributed by atoms with Gasteiger partial charge in [-0.3, -0.25) is 0 Å². The third-order valence-corrected chi connectivity index (χ3v) is 3.85. The van der Waals surface area contributed by atoms with Crippen molar-refractivity contribution in [1.82, 2.24) is 0 Å². The van der Waals surface area contributed by atoms with Gasteiger partial charge in [0.25, 0.3) is 0 Å². The Bertz CT molecular complexity index is 946. The van der Waals surface area contributed by atoms with E-state index in [2.05, 4.69) is 11.8 Å². The molecule has 122 valence electrons. The molecule has 0 atom stereocenters. The lowest BCUT2D eigenvalue weighted by Crippen LogP contribution is -1.90. The summed E-state index contributed by atoms with van der Waals surface area (Å²) in [5.41, 5.74) is 4.61. The van der Waals surface area contributed by atoms with Crippen molar-refractivity contribution in [1.29, 1.82) is 0 Å². The molecule has 0 saturated heterocycles. The highest BCUT2D eigenvalue weighted by Crippen LogP contribution is 2.28. The number of aromatic hydroxyl groups is 1. The number of hydrogen-bond donors (Lipinski definition) is 2. The molecule has 3 aromatic rings. The van der Waals surface area contributed by atoms with E-state index < -0.39 is 5.97 Å². The van der Waals surface area contributed by atoms with E-state index in [0.29, 0.717) is 12.0 Å². The molecule has 0 aliphatic carbocycles. The Hall–Kier alpha value is -3.51. The number of carbonyl (C=O) groups is 1. The van der Waals surface area contributed by atoms with Gasteiger partial charge in [0.05, 0.1) is 0 Å². The molecule has 0 saturated carbocycles. The van der Waals surface area contributed by atoms with Gasteiger partial charge in [-0.1, -0.05) is 54.5 Å². The molecule has 3 rings (SSSR count). The molecule has 0 heterocycles. The third kappa shape index (κ3) is 4.27. The van der Waals surface area contributed by atoms with E-state index >= 15 is 0 Å². The maximum Gasteiger partial charge on any atom is 0.382 e. The van der Waals surface area contributed by atoms with Crippen LogP contribution in [0, 0.1) is 11.8 Å². The first-order valence-electron chi connectivity index (χ1n) is 7.83. The molecule has 0 amide bonds. The fourth-order valence-electron chi connectivity index (χ4n) is 2.59. The zero-order valence-electron chi connectivity index (χ0n) is 13.4. The summed E-state index contributed by atoms with van der Waals surface area (Å²) in [6.07, 6.45) is 0.655. The van der Waals surface area contributed by atoms with Gasteiger partial charge in [-0.25, -0.2) is 4.79 Å². The molecular weight excluding hydrogens is 312 g/mol. The van der Waals surface area contributed by atoms with E-state index in [4.69, 9.17) is 5.11 Å². The number of carboxylic acids is 1. The van der Waals surface area contributed by atoms with Crippen LogP contribution in [0.25, 0.3) is 11.1 Å². The summed E-state index contributed by atoms with van der Waals surface area (Å²) in [6, 6.07) is 22.9. The van der Waals surface area contributed by atoms with Crippen LogP contribution in [-0.2, 0) is 11.2 Å². The molecule has 0 aromatic heterocycles. The van der Waals surface area contributed by atoms with Crippen molar-refractivity contribution >= 4 is 5.97 Å². The van der Waals surface area contributed by atoms with Gasteiger partial charge in [0.2, 0.25) is 0 Å². The molecule has 3 heteroatoms. The van der Waals surface area contributed by atoms with E-state index in [-0.39, 0.29) is 5.75 Å². The van der Waals surface area contributed by atoms with E-state index in [1.807, 2.05) is 54.6 Å². The Kier molecular flexibility index (Phi) is 4.82. The predicted molar refractivity (Wildman–Crippen MR) is 97.3 cm³/mol. The van der Waals surface area contributed by atoms with Crippen molar-refractivity contribution in [3.8, 4) is 28.7 Å². The number of carboxylic acid groups (broad SMARTS) is 1. The minimum atomic E-state index is -1.15. The minimum absolute atomic E-state index is 0.275. The highest BCUT2D eigenvalue weighted by atomic mass is 16.4. The maximum absolute atomic E-state index is 10.5. The number of phenolic OH excluding ortho intramolecular Hbond substituents is 1. The summed E-state index contributed by atoms with van der Waals surface area (Å²) in [6.45, 7) is 0. The van der Waals surface area contributed by atoms with Crippen molar-refractivity contribution < 1.29 is 15.0 Å². The van der Waals surface area contributed by atoms with Gasteiger partial charge in [-0.2, -0.15) is 0 Å². The topological polar surface area (TPSA) is 57.5 Å². The van der Waals surface area contributed by atoms with Crippen LogP contribution in [0.5, 0.6) is 5.75 Å². The molecule has 0 radical (unpaired) electrons. The van der Waals surface area contributed by atoms with E-state index in [0.717, 1.165) is 22.3 Å². The normalized spacial score (nSPS) is 9.92. The first-order valence-corrected chi connectivity index (χ1v) is 7.83. The van der Waals surface area contributed by atoms with Crippen molar-refractivity contribution in [3.05, 3.63) is 89.5 Å². The molecule has 0 unspecified atom stereocenters. The van der Waals surface area contributed by atoms with Gasteiger partial charge in [0, 0.05) is 17.9 Å². The molecule has 3 aromatic carbocycles. The molecule has 0 aliphatic rings. The lowest BCUT2D eigenvalue weighted by Gasteiger charge is -2.09. The molecule has 0 fully saturated rings.